The second-order valence-corrected chi connectivity index (χ2v) is 2.26. The van der Waals surface area contributed by atoms with E-state index in [9.17, 15) is 0 Å². The van der Waals surface area contributed by atoms with Gasteiger partial charge >= 0.3 is 0 Å². The summed E-state index contributed by atoms with van der Waals surface area (Å²) in [6.45, 7) is 3.16. The summed E-state index contributed by atoms with van der Waals surface area (Å²) < 4.78 is 0. The maximum absolute atomic E-state index is 5.07. The molecule has 2 heteroatoms. The molecule has 0 bridgehead atoms. The van der Waals surface area contributed by atoms with Gasteiger partial charge in [-0.25, -0.2) is 0 Å². The summed E-state index contributed by atoms with van der Waals surface area (Å²) in [6.07, 6.45) is 5.91. The van der Waals surface area contributed by atoms with Gasteiger partial charge in [0.1, 0.15) is 0 Å². The Kier molecular flexibility index (Phi) is 2.56. The smallest absolute Gasteiger partial charge is 0.0317 e. The molecule has 0 atom stereocenters. The SMILES string of the molecule is C#CCCNC1CNC1. The van der Waals surface area contributed by atoms with Gasteiger partial charge in [0.2, 0.25) is 0 Å². The van der Waals surface area contributed by atoms with Gasteiger partial charge in [-0.1, -0.05) is 0 Å². The monoisotopic (exact) mass is 124 g/mol. The zero-order chi connectivity index (χ0) is 6.53. The molecule has 2 N–H and O–H groups in total. The summed E-state index contributed by atoms with van der Waals surface area (Å²) in [7, 11) is 0. The van der Waals surface area contributed by atoms with Crippen LogP contribution >= 0.6 is 0 Å². The van der Waals surface area contributed by atoms with Gasteiger partial charge in [0.05, 0.1) is 0 Å². The average molecular weight is 124 g/mol. The standard InChI is InChI=1S/C7H12N2/c1-2-3-4-9-7-5-8-6-7/h1,7-9H,3-6H2. The first-order valence-electron chi connectivity index (χ1n) is 3.31. The molecule has 50 valence electrons. The molecular formula is C7H12N2. The minimum Gasteiger partial charge on any atom is -0.314 e. The molecule has 0 aliphatic carbocycles. The maximum atomic E-state index is 5.07. The van der Waals surface area contributed by atoms with E-state index in [2.05, 4.69) is 16.6 Å². The van der Waals surface area contributed by atoms with Gasteiger partial charge in [0.15, 0.2) is 0 Å². The van der Waals surface area contributed by atoms with Crippen molar-refractivity contribution in [2.24, 2.45) is 0 Å². The fourth-order valence-electron chi connectivity index (χ4n) is 0.781. The lowest BCUT2D eigenvalue weighted by atomic mass is 10.2. The number of terminal acetylenes is 1. The Bertz CT molecular complexity index is 111. The largest absolute Gasteiger partial charge is 0.314 e. The van der Waals surface area contributed by atoms with Crippen LogP contribution in [0.15, 0.2) is 0 Å². The third-order valence-electron chi connectivity index (χ3n) is 1.48. The van der Waals surface area contributed by atoms with Crippen LogP contribution in [0.1, 0.15) is 6.42 Å². The van der Waals surface area contributed by atoms with Crippen molar-refractivity contribution in [2.75, 3.05) is 19.6 Å². The fourth-order valence-corrected chi connectivity index (χ4v) is 0.781. The lowest BCUT2D eigenvalue weighted by Gasteiger charge is -2.27. The molecule has 0 aromatic rings. The van der Waals surface area contributed by atoms with Gasteiger partial charge in [-0.05, 0) is 0 Å². The molecule has 0 aromatic heterocycles. The maximum Gasteiger partial charge on any atom is 0.0317 e. The predicted octanol–water partition coefficient (Wildman–Crippen LogP) is -0.429. The first-order chi connectivity index (χ1) is 4.43. The van der Waals surface area contributed by atoms with Gasteiger partial charge in [-0.15, -0.1) is 12.3 Å². The van der Waals surface area contributed by atoms with Gasteiger partial charge in [0.25, 0.3) is 0 Å². The summed E-state index contributed by atoms with van der Waals surface area (Å²) >= 11 is 0. The van der Waals surface area contributed by atoms with E-state index in [1.165, 1.54) is 0 Å². The van der Waals surface area contributed by atoms with Crippen molar-refractivity contribution >= 4 is 0 Å². The minimum atomic E-state index is 0.679. The lowest BCUT2D eigenvalue weighted by Crippen LogP contribution is -2.55. The fraction of sp³-hybridized carbons (Fsp3) is 0.714. The van der Waals surface area contributed by atoms with E-state index in [0.717, 1.165) is 26.1 Å². The van der Waals surface area contributed by atoms with Crippen LogP contribution in [0.25, 0.3) is 0 Å². The molecule has 2 nitrogen and oxygen atoms in total. The molecule has 1 aliphatic heterocycles. The van der Waals surface area contributed by atoms with Crippen molar-refractivity contribution in [2.45, 2.75) is 12.5 Å². The molecule has 0 aromatic carbocycles. The molecule has 1 saturated heterocycles. The van der Waals surface area contributed by atoms with Crippen molar-refractivity contribution in [3.05, 3.63) is 0 Å². The normalized spacial score (nSPS) is 18.6. The van der Waals surface area contributed by atoms with Gasteiger partial charge in [-0.3, -0.25) is 0 Å². The molecule has 0 radical (unpaired) electrons. The molecular weight excluding hydrogens is 112 g/mol. The van der Waals surface area contributed by atoms with Crippen LogP contribution in [0.3, 0.4) is 0 Å². The van der Waals surface area contributed by atoms with Crippen molar-refractivity contribution in [1.82, 2.24) is 10.6 Å². The first kappa shape index (κ1) is 6.60. The highest BCUT2D eigenvalue weighted by Crippen LogP contribution is 1.89. The number of nitrogens with one attached hydrogen (secondary N) is 2. The van der Waals surface area contributed by atoms with Gasteiger partial charge < -0.3 is 10.6 Å². The van der Waals surface area contributed by atoms with Crippen LogP contribution in [-0.2, 0) is 0 Å². The van der Waals surface area contributed by atoms with Crippen LogP contribution in [0.4, 0.5) is 0 Å². The minimum absolute atomic E-state index is 0.679. The molecule has 0 saturated carbocycles. The molecule has 0 amide bonds. The third kappa shape index (κ3) is 2.05. The highest BCUT2D eigenvalue weighted by Gasteiger charge is 2.13. The summed E-state index contributed by atoms with van der Waals surface area (Å²) in [5.41, 5.74) is 0. The molecule has 0 spiro atoms. The summed E-state index contributed by atoms with van der Waals surface area (Å²) in [6, 6.07) is 0.679. The molecule has 1 rings (SSSR count). The van der Waals surface area contributed by atoms with Crippen LogP contribution in [0.2, 0.25) is 0 Å². The van der Waals surface area contributed by atoms with Crippen molar-refractivity contribution in [1.29, 1.82) is 0 Å². The van der Waals surface area contributed by atoms with Crippen LogP contribution in [0.5, 0.6) is 0 Å². The number of rotatable bonds is 3. The third-order valence-corrected chi connectivity index (χ3v) is 1.48. The molecule has 1 aliphatic rings. The van der Waals surface area contributed by atoms with Gasteiger partial charge in [-0.2, -0.15) is 0 Å². The Morgan fingerprint density at radius 3 is 2.89 bits per heavy atom. The number of hydrogen-bond donors (Lipinski definition) is 2. The summed E-state index contributed by atoms with van der Waals surface area (Å²) in [4.78, 5) is 0. The summed E-state index contributed by atoms with van der Waals surface area (Å²) in [5, 5.41) is 6.49. The van der Waals surface area contributed by atoms with Crippen molar-refractivity contribution in [3.63, 3.8) is 0 Å². The van der Waals surface area contributed by atoms with E-state index in [0.29, 0.717) is 6.04 Å². The van der Waals surface area contributed by atoms with Crippen LogP contribution in [0, 0.1) is 12.3 Å². The lowest BCUT2D eigenvalue weighted by molar-refractivity contribution is 0.370. The van der Waals surface area contributed by atoms with Crippen LogP contribution < -0.4 is 10.6 Å². The second kappa shape index (κ2) is 3.49. The topological polar surface area (TPSA) is 24.1 Å². The quantitative estimate of drug-likeness (QED) is 0.394. The highest BCUT2D eigenvalue weighted by atomic mass is 15.1. The molecule has 1 fully saturated rings. The predicted molar refractivity (Wildman–Crippen MR) is 38.1 cm³/mol. The van der Waals surface area contributed by atoms with E-state index in [-0.39, 0.29) is 0 Å². The Morgan fingerprint density at radius 2 is 2.44 bits per heavy atom. The Morgan fingerprint density at radius 1 is 1.67 bits per heavy atom. The molecule has 0 unspecified atom stereocenters. The Hall–Kier alpha value is -0.520. The zero-order valence-electron chi connectivity index (χ0n) is 5.48. The van der Waals surface area contributed by atoms with Crippen LogP contribution in [-0.4, -0.2) is 25.7 Å². The average Bonchev–Trinajstić information content (AvgIpc) is 1.76. The van der Waals surface area contributed by atoms with E-state index < -0.39 is 0 Å². The van der Waals surface area contributed by atoms with E-state index in [1.54, 1.807) is 0 Å². The molecule has 1 heterocycles. The van der Waals surface area contributed by atoms with Gasteiger partial charge in [0, 0.05) is 32.1 Å². The van der Waals surface area contributed by atoms with E-state index >= 15 is 0 Å². The Labute approximate surface area is 56.0 Å². The van der Waals surface area contributed by atoms with Crippen molar-refractivity contribution < 1.29 is 0 Å². The highest BCUT2D eigenvalue weighted by molar-refractivity contribution is 4.87. The Balaban J connectivity index is 1.87. The first-order valence-corrected chi connectivity index (χ1v) is 3.31. The number of hydrogen-bond acceptors (Lipinski definition) is 2. The summed E-state index contributed by atoms with van der Waals surface area (Å²) in [5.74, 6) is 2.59. The van der Waals surface area contributed by atoms with E-state index in [1.807, 2.05) is 0 Å². The molecule has 9 heavy (non-hydrogen) atoms. The van der Waals surface area contributed by atoms with E-state index in [4.69, 9.17) is 6.42 Å². The second-order valence-electron chi connectivity index (χ2n) is 2.26. The zero-order valence-corrected chi connectivity index (χ0v) is 5.48. The van der Waals surface area contributed by atoms with Crippen molar-refractivity contribution in [3.8, 4) is 12.3 Å².